The van der Waals surface area contributed by atoms with E-state index >= 15 is 0 Å². The smallest absolute Gasteiger partial charge is 0.324 e. The van der Waals surface area contributed by atoms with Gasteiger partial charge in [-0.3, -0.25) is 0 Å². The third-order valence-electron chi connectivity index (χ3n) is 3.09. The van der Waals surface area contributed by atoms with Gasteiger partial charge in [0, 0.05) is 11.1 Å². The molecule has 0 spiro atoms. The summed E-state index contributed by atoms with van der Waals surface area (Å²) in [6.45, 7) is 0. The molecular weight excluding hydrogens is 306 g/mol. The first-order valence-corrected chi connectivity index (χ1v) is 6.52. The van der Waals surface area contributed by atoms with Crippen molar-refractivity contribution in [2.24, 2.45) is 5.73 Å². The molecule has 0 aliphatic rings. The second-order valence-corrected chi connectivity index (χ2v) is 5.11. The van der Waals surface area contributed by atoms with Gasteiger partial charge in [-0.2, -0.15) is 13.2 Å². The van der Waals surface area contributed by atoms with Crippen LogP contribution >= 0.6 is 11.6 Å². The Kier molecular flexibility index (Phi) is 4.54. The van der Waals surface area contributed by atoms with Crippen molar-refractivity contribution < 1.29 is 17.6 Å². The number of halogens is 5. The van der Waals surface area contributed by atoms with E-state index < -0.39 is 23.6 Å². The number of benzene rings is 2. The third-order valence-corrected chi connectivity index (χ3v) is 3.34. The van der Waals surface area contributed by atoms with Gasteiger partial charge in [0.15, 0.2) is 0 Å². The van der Waals surface area contributed by atoms with E-state index in [1.165, 1.54) is 6.07 Å². The monoisotopic (exact) mass is 317 g/mol. The average molecular weight is 318 g/mol. The summed E-state index contributed by atoms with van der Waals surface area (Å²) in [6.07, 6.45) is -4.40. The SMILES string of the molecule is NC(Cc1ccc(Cl)cc1)c1ccc(F)c(C(F)(F)F)c1. The molecule has 2 N–H and O–H groups in total. The van der Waals surface area contributed by atoms with Gasteiger partial charge in [0.1, 0.15) is 5.82 Å². The van der Waals surface area contributed by atoms with Crippen LogP contribution in [0.5, 0.6) is 0 Å². The number of nitrogens with two attached hydrogens (primary N) is 1. The highest BCUT2D eigenvalue weighted by atomic mass is 35.5. The highest BCUT2D eigenvalue weighted by Gasteiger charge is 2.34. The van der Waals surface area contributed by atoms with E-state index in [4.69, 9.17) is 17.3 Å². The molecule has 0 radical (unpaired) electrons. The number of alkyl halides is 3. The fraction of sp³-hybridized carbons (Fsp3) is 0.200. The molecule has 2 aromatic carbocycles. The highest BCUT2D eigenvalue weighted by Crippen LogP contribution is 2.33. The molecule has 0 bridgehead atoms. The molecule has 21 heavy (non-hydrogen) atoms. The van der Waals surface area contributed by atoms with Crippen LogP contribution in [0.3, 0.4) is 0 Å². The van der Waals surface area contributed by atoms with Crippen molar-refractivity contribution in [1.82, 2.24) is 0 Å². The summed E-state index contributed by atoms with van der Waals surface area (Å²) in [4.78, 5) is 0. The van der Waals surface area contributed by atoms with Crippen molar-refractivity contribution in [2.45, 2.75) is 18.6 Å². The van der Waals surface area contributed by atoms with Crippen LogP contribution in [-0.4, -0.2) is 0 Å². The Hall–Kier alpha value is -1.59. The van der Waals surface area contributed by atoms with Gasteiger partial charge in [0.2, 0.25) is 0 Å². The molecule has 0 heterocycles. The Bertz CT molecular complexity index is 623. The molecule has 6 heteroatoms. The first-order valence-electron chi connectivity index (χ1n) is 6.14. The van der Waals surface area contributed by atoms with Gasteiger partial charge < -0.3 is 5.73 Å². The second-order valence-electron chi connectivity index (χ2n) is 4.67. The van der Waals surface area contributed by atoms with Crippen LogP contribution in [-0.2, 0) is 12.6 Å². The van der Waals surface area contributed by atoms with Crippen LogP contribution in [0, 0.1) is 5.82 Å². The highest BCUT2D eigenvalue weighted by molar-refractivity contribution is 6.30. The lowest BCUT2D eigenvalue weighted by atomic mass is 9.98. The maximum atomic E-state index is 13.2. The van der Waals surface area contributed by atoms with Crippen molar-refractivity contribution in [3.63, 3.8) is 0 Å². The molecule has 0 amide bonds. The zero-order valence-corrected chi connectivity index (χ0v) is 11.5. The summed E-state index contributed by atoms with van der Waals surface area (Å²) in [5.41, 5.74) is 5.68. The molecule has 1 unspecified atom stereocenters. The minimum atomic E-state index is -4.74. The lowest BCUT2D eigenvalue weighted by Gasteiger charge is -2.15. The van der Waals surface area contributed by atoms with Gasteiger partial charge in [-0.05, 0) is 41.8 Å². The predicted octanol–water partition coefficient (Wildman–Crippen LogP) is 4.74. The van der Waals surface area contributed by atoms with Crippen LogP contribution in [0.1, 0.15) is 22.7 Å². The molecule has 0 saturated carbocycles. The van der Waals surface area contributed by atoms with E-state index in [9.17, 15) is 17.6 Å². The van der Waals surface area contributed by atoms with E-state index in [0.29, 0.717) is 11.4 Å². The zero-order valence-electron chi connectivity index (χ0n) is 10.8. The van der Waals surface area contributed by atoms with Crippen molar-refractivity contribution in [1.29, 1.82) is 0 Å². The molecular formula is C15H12ClF4N. The van der Waals surface area contributed by atoms with E-state index in [1.807, 2.05) is 0 Å². The van der Waals surface area contributed by atoms with Crippen LogP contribution in [0.4, 0.5) is 17.6 Å². The summed E-state index contributed by atoms with van der Waals surface area (Å²) >= 11 is 5.76. The van der Waals surface area contributed by atoms with E-state index in [2.05, 4.69) is 0 Å². The fourth-order valence-electron chi connectivity index (χ4n) is 1.98. The molecule has 1 atom stereocenters. The largest absolute Gasteiger partial charge is 0.419 e. The van der Waals surface area contributed by atoms with Gasteiger partial charge >= 0.3 is 6.18 Å². The predicted molar refractivity (Wildman–Crippen MR) is 73.5 cm³/mol. The Labute approximate surface area is 124 Å². The minimum absolute atomic E-state index is 0.235. The first-order chi connectivity index (χ1) is 9.77. The van der Waals surface area contributed by atoms with Gasteiger partial charge in [-0.1, -0.05) is 29.8 Å². The Morgan fingerprint density at radius 3 is 2.24 bits per heavy atom. The number of hydrogen-bond acceptors (Lipinski definition) is 1. The summed E-state index contributed by atoms with van der Waals surface area (Å²) in [7, 11) is 0. The summed E-state index contributed by atoms with van der Waals surface area (Å²) in [5.74, 6) is -1.30. The summed E-state index contributed by atoms with van der Waals surface area (Å²) < 4.78 is 51.2. The Morgan fingerprint density at radius 1 is 1.05 bits per heavy atom. The fourth-order valence-corrected chi connectivity index (χ4v) is 2.11. The quantitative estimate of drug-likeness (QED) is 0.813. The van der Waals surface area contributed by atoms with E-state index in [-0.39, 0.29) is 5.56 Å². The zero-order chi connectivity index (χ0) is 15.6. The lowest BCUT2D eigenvalue weighted by Crippen LogP contribution is -2.16. The van der Waals surface area contributed by atoms with Gasteiger partial charge in [0.25, 0.3) is 0 Å². The molecule has 0 aromatic heterocycles. The van der Waals surface area contributed by atoms with Crippen molar-refractivity contribution in [2.75, 3.05) is 0 Å². The molecule has 2 aromatic rings. The molecule has 0 saturated heterocycles. The maximum absolute atomic E-state index is 13.2. The Morgan fingerprint density at radius 2 is 1.67 bits per heavy atom. The van der Waals surface area contributed by atoms with Crippen molar-refractivity contribution in [3.05, 3.63) is 70.0 Å². The lowest BCUT2D eigenvalue weighted by molar-refractivity contribution is -0.140. The van der Waals surface area contributed by atoms with Gasteiger partial charge in [0.05, 0.1) is 5.56 Å². The first kappa shape index (κ1) is 15.8. The van der Waals surface area contributed by atoms with Crippen molar-refractivity contribution in [3.8, 4) is 0 Å². The topological polar surface area (TPSA) is 26.0 Å². The van der Waals surface area contributed by atoms with Gasteiger partial charge in [-0.15, -0.1) is 0 Å². The summed E-state index contributed by atoms with van der Waals surface area (Å²) in [6, 6.07) is 9.01. The van der Waals surface area contributed by atoms with Crippen LogP contribution in [0.2, 0.25) is 5.02 Å². The van der Waals surface area contributed by atoms with Gasteiger partial charge in [-0.25, -0.2) is 4.39 Å². The summed E-state index contributed by atoms with van der Waals surface area (Å²) in [5, 5.41) is 0.563. The van der Waals surface area contributed by atoms with Crippen LogP contribution in [0.15, 0.2) is 42.5 Å². The Balaban J connectivity index is 2.23. The molecule has 1 nitrogen and oxygen atoms in total. The number of hydrogen-bond donors (Lipinski definition) is 1. The normalized spacial score (nSPS) is 13.2. The second kappa shape index (κ2) is 6.03. The molecule has 0 aliphatic carbocycles. The van der Waals surface area contributed by atoms with E-state index in [0.717, 1.165) is 17.7 Å². The van der Waals surface area contributed by atoms with Crippen molar-refractivity contribution >= 4 is 11.6 Å². The molecule has 2 rings (SSSR count). The molecule has 0 fully saturated rings. The number of rotatable bonds is 3. The third kappa shape index (κ3) is 3.95. The maximum Gasteiger partial charge on any atom is 0.419 e. The van der Waals surface area contributed by atoms with Crippen LogP contribution < -0.4 is 5.73 Å². The minimum Gasteiger partial charge on any atom is -0.324 e. The standard InChI is InChI=1S/C15H12ClF4N/c16-11-4-1-9(2-5-11)7-14(21)10-3-6-13(17)12(8-10)15(18,19)20/h1-6,8,14H,7,21H2. The molecule has 0 aliphatic heterocycles. The van der Waals surface area contributed by atoms with Crippen LogP contribution in [0.25, 0.3) is 0 Å². The van der Waals surface area contributed by atoms with E-state index in [1.54, 1.807) is 24.3 Å². The average Bonchev–Trinajstić information content (AvgIpc) is 2.40. The molecule has 112 valence electrons.